The molecule has 2 aromatic rings. The van der Waals surface area contributed by atoms with Crippen molar-refractivity contribution in [2.75, 3.05) is 20.8 Å². The highest BCUT2D eigenvalue weighted by molar-refractivity contribution is 5.70. The molecule has 1 aromatic heterocycles. The summed E-state index contributed by atoms with van der Waals surface area (Å²) in [5.41, 5.74) is 1.06. The average molecular weight is 420 g/mol. The van der Waals surface area contributed by atoms with E-state index in [0.717, 1.165) is 31.2 Å². The summed E-state index contributed by atoms with van der Waals surface area (Å²) in [7, 11) is 3.20. The van der Waals surface area contributed by atoms with E-state index in [1.807, 2.05) is 18.2 Å². The van der Waals surface area contributed by atoms with Crippen LogP contribution in [0.15, 0.2) is 24.3 Å². The molecule has 1 aromatic carbocycles. The van der Waals surface area contributed by atoms with E-state index in [9.17, 15) is 9.90 Å². The summed E-state index contributed by atoms with van der Waals surface area (Å²) in [5, 5.41) is 15.2. The van der Waals surface area contributed by atoms with Crippen LogP contribution in [0.2, 0.25) is 0 Å². The van der Waals surface area contributed by atoms with Crippen molar-refractivity contribution in [1.82, 2.24) is 4.57 Å². The number of nitrogens with zero attached hydrogens (tertiary/aromatic N) is 1. The third kappa shape index (κ3) is 4.81. The van der Waals surface area contributed by atoms with Gasteiger partial charge in [-0.15, -0.1) is 0 Å². The number of ether oxygens (including phenoxy) is 4. The summed E-state index contributed by atoms with van der Waals surface area (Å²) in [6, 6.07) is 6.82. The van der Waals surface area contributed by atoms with E-state index >= 15 is 0 Å². The highest BCUT2D eigenvalue weighted by Crippen LogP contribution is 2.43. The maximum atomic E-state index is 11.3. The van der Waals surface area contributed by atoms with Gasteiger partial charge in [0.25, 0.3) is 1.43 Å². The number of aromatic nitrogens is 1. The molecule has 0 unspecified atom stereocenters. The molecule has 1 aliphatic rings. The molecule has 0 aliphatic heterocycles. The molecule has 0 bridgehead atoms. The van der Waals surface area contributed by atoms with Gasteiger partial charge in [0.05, 0.1) is 33.0 Å². The Morgan fingerprint density at radius 2 is 1.93 bits per heavy atom. The summed E-state index contributed by atoms with van der Waals surface area (Å²) < 4.78 is 30.8. The van der Waals surface area contributed by atoms with Gasteiger partial charge in [0.15, 0.2) is 23.1 Å². The zero-order valence-corrected chi connectivity index (χ0v) is 17.6. The van der Waals surface area contributed by atoms with Crippen LogP contribution in [-0.4, -0.2) is 49.1 Å². The summed E-state index contributed by atoms with van der Waals surface area (Å²) in [6.45, 7) is 1.73. The molecule has 0 radical (unpaired) electrons. The molecule has 8 heteroatoms. The molecule has 8 nitrogen and oxygen atoms in total. The van der Waals surface area contributed by atoms with Gasteiger partial charge in [0.1, 0.15) is 0 Å². The normalized spacial score (nSPS) is 19.1. The van der Waals surface area contributed by atoms with Gasteiger partial charge in [0.2, 0.25) is 5.88 Å². The van der Waals surface area contributed by atoms with Crippen LogP contribution in [0.5, 0.6) is 29.0 Å². The van der Waals surface area contributed by atoms with Gasteiger partial charge in [-0.2, -0.15) is 0 Å². The number of carbonyl (C=O) groups is 1. The fraction of sp³-hybridized carbons (Fsp3) is 0.500. The lowest BCUT2D eigenvalue weighted by Gasteiger charge is -2.33. The highest BCUT2D eigenvalue weighted by Gasteiger charge is 2.32. The Labute approximate surface area is 177 Å². The van der Waals surface area contributed by atoms with Crippen LogP contribution in [0.25, 0.3) is 0 Å². The second kappa shape index (κ2) is 9.75. The zero-order chi connectivity index (χ0) is 22.4. The lowest BCUT2D eigenvalue weighted by Crippen LogP contribution is -2.30. The molecular formula is C22H29NO7. The van der Waals surface area contributed by atoms with Crippen LogP contribution in [0.3, 0.4) is 0 Å². The monoisotopic (exact) mass is 420 g/mol. The number of esters is 1. The van der Waals surface area contributed by atoms with E-state index in [1.165, 1.54) is 17.6 Å². The maximum Gasteiger partial charge on any atom is 0.308 e. The highest BCUT2D eigenvalue weighted by atomic mass is 16.5. The summed E-state index contributed by atoms with van der Waals surface area (Å²) in [4.78, 5) is 11.3. The van der Waals surface area contributed by atoms with Crippen LogP contribution in [-0.2, 0) is 16.0 Å². The summed E-state index contributed by atoms with van der Waals surface area (Å²) >= 11 is 0. The summed E-state index contributed by atoms with van der Waals surface area (Å²) in [5.74, 6) is 0.681. The van der Waals surface area contributed by atoms with Crippen LogP contribution in [0, 0.1) is 0 Å². The van der Waals surface area contributed by atoms with Crippen LogP contribution in [0.4, 0.5) is 0 Å². The van der Waals surface area contributed by atoms with E-state index in [0.29, 0.717) is 24.5 Å². The zero-order valence-electron chi connectivity index (χ0n) is 18.6. The standard InChI is InChI=1S/C22H29NO7/c1-14(24)30-20-13-21(25)23(22(20)26)16-6-4-5-7-17(16)29-11-10-15-8-9-18(27-2)19(12-15)28-3/h8-9,12-13,16-17,25-26H,4-7,10-11H2,1-3H3/t16-,17-/m1/s1/i/hD. The van der Waals surface area contributed by atoms with Gasteiger partial charge < -0.3 is 29.2 Å². The van der Waals surface area contributed by atoms with E-state index in [4.69, 9.17) is 25.5 Å². The maximum absolute atomic E-state index is 11.3. The molecule has 1 saturated carbocycles. The first-order valence-corrected chi connectivity index (χ1v) is 10.1. The smallest absolute Gasteiger partial charge is 0.308 e. The average Bonchev–Trinajstić information content (AvgIpc) is 3.07. The molecule has 1 heterocycles. The van der Waals surface area contributed by atoms with E-state index < -0.39 is 5.97 Å². The SMILES string of the molecule is [2H]Oc1c(OC(C)=O)cc(O)n1[C@@H]1CCCC[C@H]1OCCc1ccc(OC)c(OC)c1. The Balaban J connectivity index is 1.72. The van der Waals surface area contributed by atoms with Crippen molar-refractivity contribution in [3.05, 3.63) is 29.8 Å². The quantitative estimate of drug-likeness (QED) is 0.598. The van der Waals surface area contributed by atoms with Gasteiger partial charge >= 0.3 is 5.97 Å². The Hall–Kier alpha value is -2.87. The molecule has 1 aliphatic carbocycles. The van der Waals surface area contributed by atoms with Crippen molar-refractivity contribution in [3.8, 4) is 29.0 Å². The van der Waals surface area contributed by atoms with Gasteiger partial charge in [0, 0.05) is 13.0 Å². The lowest BCUT2D eigenvalue weighted by molar-refractivity contribution is -0.132. The first-order valence-electron chi connectivity index (χ1n) is 10.5. The number of carbonyl (C=O) groups excluding carboxylic acids is 1. The third-order valence-corrected chi connectivity index (χ3v) is 5.36. The molecule has 0 amide bonds. The number of hydrogen-bond donors (Lipinski definition) is 2. The largest absolute Gasteiger partial charge is 0.494 e. The second-order valence-electron chi connectivity index (χ2n) is 7.34. The molecule has 2 N–H and O–H groups in total. The van der Waals surface area contributed by atoms with E-state index in [1.54, 1.807) is 14.2 Å². The van der Waals surface area contributed by atoms with Crippen molar-refractivity contribution in [2.24, 2.45) is 0 Å². The molecule has 164 valence electrons. The number of rotatable bonds is 9. The Kier molecular flexibility index (Phi) is 6.63. The molecular weight excluding hydrogens is 390 g/mol. The van der Waals surface area contributed by atoms with Gasteiger partial charge in [-0.3, -0.25) is 9.36 Å². The van der Waals surface area contributed by atoms with Crippen LogP contribution >= 0.6 is 0 Å². The minimum Gasteiger partial charge on any atom is -0.494 e. The first-order chi connectivity index (χ1) is 15.0. The number of methoxy groups -OCH3 is 2. The minimum atomic E-state index is -0.554. The Morgan fingerprint density at radius 3 is 2.63 bits per heavy atom. The van der Waals surface area contributed by atoms with Crippen LogP contribution < -0.4 is 14.2 Å². The van der Waals surface area contributed by atoms with Crippen molar-refractivity contribution >= 4 is 5.97 Å². The lowest BCUT2D eigenvalue weighted by atomic mass is 9.92. The van der Waals surface area contributed by atoms with Crippen molar-refractivity contribution in [2.45, 2.75) is 51.2 Å². The van der Waals surface area contributed by atoms with Crippen molar-refractivity contribution in [1.29, 1.82) is 1.43 Å². The van der Waals surface area contributed by atoms with E-state index in [-0.39, 0.29) is 29.7 Å². The fourth-order valence-corrected chi connectivity index (χ4v) is 3.95. The molecule has 30 heavy (non-hydrogen) atoms. The second-order valence-corrected chi connectivity index (χ2v) is 7.34. The Bertz CT molecular complexity index is 898. The van der Waals surface area contributed by atoms with Crippen molar-refractivity contribution in [3.63, 3.8) is 0 Å². The number of hydrogen-bond acceptors (Lipinski definition) is 7. The van der Waals surface area contributed by atoms with Crippen LogP contribution in [0.1, 0.15) is 44.2 Å². The van der Waals surface area contributed by atoms with Crippen molar-refractivity contribution < 1.29 is 34.0 Å². The van der Waals surface area contributed by atoms with E-state index in [2.05, 4.69) is 0 Å². The Morgan fingerprint density at radius 1 is 1.17 bits per heavy atom. The van der Waals surface area contributed by atoms with Gasteiger partial charge in [-0.1, -0.05) is 18.9 Å². The summed E-state index contributed by atoms with van der Waals surface area (Å²) in [6.07, 6.45) is 4.03. The fourth-order valence-electron chi connectivity index (χ4n) is 3.95. The third-order valence-electron chi connectivity index (χ3n) is 5.36. The van der Waals surface area contributed by atoms with Gasteiger partial charge in [-0.05, 0) is 37.0 Å². The van der Waals surface area contributed by atoms with Gasteiger partial charge in [-0.25, -0.2) is 0 Å². The molecule has 2 atom stereocenters. The molecule has 0 saturated heterocycles. The molecule has 3 rings (SSSR count). The number of aromatic hydroxyl groups is 2. The predicted molar refractivity (Wildman–Crippen MR) is 110 cm³/mol. The number of benzene rings is 1. The predicted octanol–water partition coefficient (Wildman–Crippen LogP) is 3.58. The first kappa shape index (κ1) is 20.4. The molecule has 0 spiro atoms. The molecule has 1 fully saturated rings. The minimum absolute atomic E-state index is 0.00640. The topological polar surface area (TPSA) is 99.4 Å².